The zero-order valence-electron chi connectivity index (χ0n) is 34.9. The lowest BCUT2D eigenvalue weighted by Crippen LogP contribution is -2.40. The molecule has 11 nitrogen and oxygen atoms in total. The number of ether oxygens (including phenoxy) is 1. The van der Waals surface area contributed by atoms with E-state index in [2.05, 4.69) is 31.4 Å². The summed E-state index contributed by atoms with van der Waals surface area (Å²) in [4.78, 5) is 34.3. The highest BCUT2D eigenvalue weighted by Crippen LogP contribution is 2.42. The fourth-order valence-corrected chi connectivity index (χ4v) is 10.3. The monoisotopic (exact) mass is 888 g/mol. The van der Waals surface area contributed by atoms with E-state index in [0.29, 0.717) is 45.6 Å². The van der Waals surface area contributed by atoms with E-state index in [1.807, 2.05) is 42.5 Å². The van der Waals surface area contributed by atoms with Gasteiger partial charge >= 0.3 is 4.87 Å². The minimum Gasteiger partial charge on any atom is -0.490 e. The highest BCUT2D eigenvalue weighted by Gasteiger charge is 2.27. The number of nitrogens with one attached hydrogen (secondary N) is 1. The van der Waals surface area contributed by atoms with Gasteiger partial charge in [-0.3, -0.25) is 14.6 Å². The number of anilines is 3. The summed E-state index contributed by atoms with van der Waals surface area (Å²) in [5.41, 5.74) is 6.37. The second-order valence-electron chi connectivity index (χ2n) is 16.8. The van der Waals surface area contributed by atoms with Gasteiger partial charge in [0.15, 0.2) is 11.5 Å². The van der Waals surface area contributed by atoms with Gasteiger partial charge in [-0.1, -0.05) is 29.0 Å². The van der Waals surface area contributed by atoms with Crippen LogP contribution < -0.4 is 24.7 Å². The van der Waals surface area contributed by atoms with Crippen LogP contribution in [0.2, 0.25) is 5.02 Å². The summed E-state index contributed by atoms with van der Waals surface area (Å²) in [5, 5.41) is 21.3. The lowest BCUT2D eigenvalue weighted by molar-refractivity contribution is 0.0888. The zero-order chi connectivity index (χ0) is 43.6. The number of piperidine rings is 1. The SMILES string of the molecule is Cn1c(=O)sc2ccc(N3CCCc4cc(-c5ccc(CCC6CCN(c7ccc(C(=O)NC8CCC(Oc9ccc(C#N)c(Cl)c9)CC8)nn7)CC6)nc5)c(C(F)F)cc43)cc21. The van der Waals surface area contributed by atoms with Gasteiger partial charge < -0.3 is 24.4 Å². The summed E-state index contributed by atoms with van der Waals surface area (Å²) < 4.78 is 38.0. The zero-order valence-corrected chi connectivity index (χ0v) is 36.5. The number of hydrogen-bond donors (Lipinski definition) is 1. The summed E-state index contributed by atoms with van der Waals surface area (Å²) in [6.45, 7) is 2.38. The van der Waals surface area contributed by atoms with Crippen molar-refractivity contribution in [2.75, 3.05) is 29.4 Å². The predicted molar refractivity (Wildman–Crippen MR) is 243 cm³/mol. The van der Waals surface area contributed by atoms with Crippen molar-refractivity contribution in [3.63, 3.8) is 0 Å². The number of aryl methyl sites for hydroxylation is 3. The van der Waals surface area contributed by atoms with Gasteiger partial charge in [-0.15, -0.1) is 10.2 Å². The Balaban J connectivity index is 0.750. The molecule has 1 amide bonds. The average molecular weight is 889 g/mol. The van der Waals surface area contributed by atoms with E-state index in [0.717, 1.165) is 116 Å². The van der Waals surface area contributed by atoms with Gasteiger partial charge in [0.05, 0.1) is 26.9 Å². The van der Waals surface area contributed by atoms with Gasteiger partial charge in [0.25, 0.3) is 12.3 Å². The number of thiazole rings is 1. The molecule has 2 fully saturated rings. The topological polar surface area (TPSA) is 129 Å². The number of nitrogens with zero attached hydrogens (tertiary/aromatic N) is 7. The van der Waals surface area contributed by atoms with Crippen molar-refractivity contribution in [3.05, 3.63) is 122 Å². The molecule has 9 rings (SSSR count). The number of hydrogen-bond acceptors (Lipinski definition) is 10. The molecular formula is C48H47ClF2N8O3S. The molecule has 0 unspecified atom stereocenters. The normalized spacial score (nSPS) is 18.0. The van der Waals surface area contributed by atoms with E-state index >= 15 is 0 Å². The molecule has 0 radical (unpaired) electrons. The number of carbonyl (C=O) groups is 1. The Morgan fingerprint density at radius 1 is 0.984 bits per heavy atom. The Kier molecular flexibility index (Phi) is 12.4. The first-order valence-electron chi connectivity index (χ1n) is 21.6. The molecule has 0 atom stereocenters. The van der Waals surface area contributed by atoms with Gasteiger partial charge in [-0.05, 0) is 142 Å². The van der Waals surface area contributed by atoms with Crippen molar-refractivity contribution in [1.29, 1.82) is 5.26 Å². The molecule has 0 spiro atoms. The standard InChI is InChI=1S/C48H47ClF2N8O3S/c1-57-43-24-35(11-16-44(43)63-48(57)61)59-20-2-3-30-23-38(39(46(50)51)26-42(30)59)32-5-8-33(53-28-32)7-4-29-18-21-58(22-19-29)45-17-15-41(55-56-45)47(60)54-34-9-13-36(14-10-34)62-37-12-6-31(27-52)40(49)25-37/h5-6,8,11-12,15-17,23-26,28-29,34,36,46H,2-4,7,9-10,13-14,18-22H2,1H3,(H,54,60). The van der Waals surface area contributed by atoms with Crippen molar-refractivity contribution < 1.29 is 18.3 Å². The Labute approximate surface area is 373 Å². The third-order valence-corrected chi connectivity index (χ3v) is 14.2. The van der Waals surface area contributed by atoms with Crippen molar-refractivity contribution in [3.8, 4) is 22.9 Å². The van der Waals surface area contributed by atoms with Gasteiger partial charge in [-0.25, -0.2) is 8.78 Å². The first kappa shape index (κ1) is 42.4. The van der Waals surface area contributed by atoms with Gasteiger partial charge in [0.2, 0.25) is 0 Å². The lowest BCUT2D eigenvalue weighted by atomic mass is 9.90. The highest BCUT2D eigenvalue weighted by atomic mass is 35.5. The van der Waals surface area contributed by atoms with E-state index in [4.69, 9.17) is 26.6 Å². The second-order valence-corrected chi connectivity index (χ2v) is 18.2. The molecule has 3 aromatic carbocycles. The van der Waals surface area contributed by atoms with E-state index in [1.54, 1.807) is 48.1 Å². The summed E-state index contributed by atoms with van der Waals surface area (Å²) in [6.07, 6.45) is 7.67. The van der Waals surface area contributed by atoms with Crippen LogP contribution in [0.15, 0.2) is 83.8 Å². The van der Waals surface area contributed by atoms with E-state index in [9.17, 15) is 18.4 Å². The largest absolute Gasteiger partial charge is 0.490 e. The average Bonchev–Trinajstić information content (AvgIpc) is 3.60. The Bertz CT molecular complexity index is 2720. The number of aromatic nitrogens is 4. The van der Waals surface area contributed by atoms with Crippen molar-refractivity contribution >= 4 is 56.3 Å². The highest BCUT2D eigenvalue weighted by molar-refractivity contribution is 7.16. The fraction of sp³-hybridized carbons (Fsp3) is 0.375. The van der Waals surface area contributed by atoms with Crippen molar-refractivity contribution in [1.82, 2.24) is 25.1 Å². The molecule has 63 heavy (non-hydrogen) atoms. The smallest absolute Gasteiger partial charge is 0.307 e. The Morgan fingerprint density at radius 2 is 1.81 bits per heavy atom. The molecule has 1 saturated carbocycles. The molecule has 2 aliphatic heterocycles. The quantitative estimate of drug-likeness (QED) is 0.135. The fourth-order valence-electron chi connectivity index (χ4n) is 9.22. The number of alkyl halides is 2. The number of amides is 1. The molecule has 1 N–H and O–H groups in total. The molecule has 324 valence electrons. The number of halogens is 3. The molecule has 1 saturated heterocycles. The number of pyridine rings is 1. The third-order valence-electron chi connectivity index (χ3n) is 12.8. The maximum atomic E-state index is 14.7. The molecule has 6 aromatic rings. The van der Waals surface area contributed by atoms with E-state index in [1.165, 1.54) is 11.3 Å². The number of benzene rings is 3. The molecule has 5 heterocycles. The van der Waals surface area contributed by atoms with Crippen LogP contribution in [-0.2, 0) is 19.9 Å². The van der Waals surface area contributed by atoms with Crippen LogP contribution in [0.25, 0.3) is 21.3 Å². The van der Waals surface area contributed by atoms with Crippen LogP contribution in [0, 0.1) is 17.2 Å². The summed E-state index contributed by atoms with van der Waals surface area (Å²) in [6, 6.07) is 24.1. The van der Waals surface area contributed by atoms with Crippen molar-refractivity contribution in [2.45, 2.75) is 82.8 Å². The molecule has 3 aliphatic rings. The van der Waals surface area contributed by atoms with E-state index in [-0.39, 0.29) is 28.5 Å². The lowest BCUT2D eigenvalue weighted by Gasteiger charge is -2.33. The van der Waals surface area contributed by atoms with E-state index < -0.39 is 6.43 Å². The van der Waals surface area contributed by atoms with Crippen LogP contribution in [0.3, 0.4) is 0 Å². The van der Waals surface area contributed by atoms with Gasteiger partial charge in [0.1, 0.15) is 11.8 Å². The van der Waals surface area contributed by atoms with Crippen molar-refractivity contribution in [2.24, 2.45) is 13.0 Å². The molecule has 1 aliphatic carbocycles. The number of fused-ring (bicyclic) bond motifs is 2. The van der Waals surface area contributed by atoms with Gasteiger partial charge in [-0.2, -0.15) is 5.26 Å². The van der Waals surface area contributed by atoms with Crippen LogP contribution in [-0.4, -0.2) is 57.4 Å². The number of carbonyl (C=O) groups excluding carboxylic acids is 1. The molecule has 15 heteroatoms. The minimum atomic E-state index is -2.66. The first-order chi connectivity index (χ1) is 30.6. The Hall–Kier alpha value is -5.91. The Morgan fingerprint density at radius 3 is 2.52 bits per heavy atom. The first-order valence-corrected chi connectivity index (χ1v) is 22.8. The maximum absolute atomic E-state index is 14.7. The van der Waals surface area contributed by atoms with Gasteiger partial charge in [0, 0.05) is 73.2 Å². The molecule has 3 aromatic heterocycles. The molecule has 0 bridgehead atoms. The summed E-state index contributed by atoms with van der Waals surface area (Å²) >= 11 is 7.36. The van der Waals surface area contributed by atoms with Crippen LogP contribution in [0.5, 0.6) is 5.75 Å². The predicted octanol–water partition coefficient (Wildman–Crippen LogP) is 9.97. The second kappa shape index (κ2) is 18.4. The molecular weight excluding hydrogens is 842 g/mol. The third kappa shape index (κ3) is 9.26. The van der Waals surface area contributed by atoms with Crippen LogP contribution in [0.1, 0.15) is 90.7 Å². The summed E-state index contributed by atoms with van der Waals surface area (Å²) in [5.74, 6) is 1.68. The minimum absolute atomic E-state index is 0.0115. The number of rotatable bonds is 11. The maximum Gasteiger partial charge on any atom is 0.307 e. The van der Waals surface area contributed by atoms with Crippen LogP contribution in [0.4, 0.5) is 26.0 Å². The summed E-state index contributed by atoms with van der Waals surface area (Å²) in [7, 11) is 1.76. The number of nitriles is 1. The van der Waals surface area contributed by atoms with Crippen LogP contribution >= 0.6 is 22.9 Å².